The van der Waals surface area contributed by atoms with Crippen LogP contribution >= 0.6 is 0 Å². The van der Waals surface area contributed by atoms with Gasteiger partial charge in [-0.15, -0.1) is 0 Å². The highest BCUT2D eigenvalue weighted by molar-refractivity contribution is 5.97. The minimum Gasteiger partial charge on any atom is -0.319 e. The van der Waals surface area contributed by atoms with Gasteiger partial charge in [0.05, 0.1) is 4.92 Å². The first-order valence-corrected chi connectivity index (χ1v) is 6.04. The number of anilines is 1. The molecule has 108 valence electrons. The molecule has 0 radical (unpaired) electrons. The Morgan fingerprint density at radius 2 is 1.90 bits per heavy atom. The lowest BCUT2D eigenvalue weighted by atomic mass is 10.1. The summed E-state index contributed by atoms with van der Waals surface area (Å²) in [6, 6.07) is 10.3. The minimum atomic E-state index is -1.01. The molecule has 1 unspecified atom stereocenters. The molecule has 0 aliphatic carbocycles. The molecule has 2 aromatic rings. The zero-order valence-corrected chi connectivity index (χ0v) is 10.8. The Hall–Kier alpha value is -2.80. The molecular formula is C14H12FN3O3. The van der Waals surface area contributed by atoms with Crippen LogP contribution in [0.25, 0.3) is 0 Å². The van der Waals surface area contributed by atoms with Gasteiger partial charge in [-0.1, -0.05) is 30.3 Å². The number of carbonyl (C=O) groups is 1. The van der Waals surface area contributed by atoms with Crippen molar-refractivity contribution < 1.29 is 14.1 Å². The second kappa shape index (κ2) is 6.10. The summed E-state index contributed by atoms with van der Waals surface area (Å²) in [7, 11) is 0. The lowest BCUT2D eigenvalue weighted by molar-refractivity contribution is -0.384. The molecule has 1 amide bonds. The van der Waals surface area contributed by atoms with Gasteiger partial charge >= 0.3 is 0 Å². The molecule has 0 aliphatic rings. The van der Waals surface area contributed by atoms with E-state index in [1.165, 1.54) is 0 Å². The monoisotopic (exact) mass is 289 g/mol. The molecule has 21 heavy (non-hydrogen) atoms. The maximum absolute atomic E-state index is 13.2. The van der Waals surface area contributed by atoms with Crippen LogP contribution < -0.4 is 11.1 Å². The zero-order valence-electron chi connectivity index (χ0n) is 10.8. The zero-order chi connectivity index (χ0) is 15.4. The summed E-state index contributed by atoms with van der Waals surface area (Å²) in [5, 5.41) is 13.1. The Labute approximate surface area is 119 Å². The fraction of sp³-hybridized carbons (Fsp3) is 0.0714. The molecule has 2 rings (SSSR count). The van der Waals surface area contributed by atoms with Crippen molar-refractivity contribution in [2.75, 3.05) is 5.32 Å². The summed E-state index contributed by atoms with van der Waals surface area (Å²) in [6.45, 7) is 0. The van der Waals surface area contributed by atoms with Crippen LogP contribution in [0.15, 0.2) is 48.5 Å². The lowest BCUT2D eigenvalue weighted by Gasteiger charge is -2.12. The molecule has 1 atom stereocenters. The summed E-state index contributed by atoms with van der Waals surface area (Å²) in [5.41, 5.74) is 5.70. The number of carbonyl (C=O) groups excluding carboxylic acids is 1. The summed E-state index contributed by atoms with van der Waals surface area (Å²) in [4.78, 5) is 22.2. The molecule has 0 saturated heterocycles. The number of hydrogen-bond donors (Lipinski definition) is 2. The number of nitro benzene ring substituents is 1. The highest BCUT2D eigenvalue weighted by Crippen LogP contribution is 2.26. The van der Waals surface area contributed by atoms with Crippen molar-refractivity contribution in [3.8, 4) is 0 Å². The van der Waals surface area contributed by atoms with E-state index in [9.17, 15) is 19.3 Å². The number of amides is 1. The Bertz CT molecular complexity index is 676. The Morgan fingerprint density at radius 1 is 1.24 bits per heavy atom. The van der Waals surface area contributed by atoms with Crippen molar-refractivity contribution in [3.05, 3.63) is 70.0 Å². The van der Waals surface area contributed by atoms with Gasteiger partial charge in [0.2, 0.25) is 5.91 Å². The maximum atomic E-state index is 13.2. The third-order valence-corrected chi connectivity index (χ3v) is 2.85. The van der Waals surface area contributed by atoms with Crippen LogP contribution in [-0.4, -0.2) is 10.8 Å². The summed E-state index contributed by atoms with van der Waals surface area (Å²) < 4.78 is 13.2. The van der Waals surface area contributed by atoms with Crippen molar-refractivity contribution in [2.45, 2.75) is 6.04 Å². The van der Waals surface area contributed by atoms with E-state index in [1.54, 1.807) is 30.3 Å². The maximum Gasteiger partial charge on any atom is 0.292 e. The van der Waals surface area contributed by atoms with Crippen molar-refractivity contribution in [1.29, 1.82) is 0 Å². The third kappa shape index (κ3) is 3.40. The van der Waals surface area contributed by atoms with Crippen molar-refractivity contribution in [3.63, 3.8) is 0 Å². The number of rotatable bonds is 4. The first-order chi connectivity index (χ1) is 9.99. The molecular weight excluding hydrogens is 277 g/mol. The van der Waals surface area contributed by atoms with Gasteiger partial charge in [-0.25, -0.2) is 4.39 Å². The molecule has 2 aromatic carbocycles. The largest absolute Gasteiger partial charge is 0.319 e. The molecule has 3 N–H and O–H groups in total. The van der Waals surface area contributed by atoms with E-state index in [-0.39, 0.29) is 5.69 Å². The van der Waals surface area contributed by atoms with E-state index in [1.807, 2.05) is 0 Å². The fourth-order valence-corrected chi connectivity index (χ4v) is 1.79. The number of nitrogens with one attached hydrogen (secondary N) is 1. The van der Waals surface area contributed by atoms with Gasteiger partial charge < -0.3 is 11.1 Å². The Morgan fingerprint density at radius 3 is 2.52 bits per heavy atom. The van der Waals surface area contributed by atoms with Gasteiger partial charge in [0.15, 0.2) is 0 Å². The molecule has 6 nitrogen and oxygen atoms in total. The van der Waals surface area contributed by atoms with Crippen LogP contribution in [0.4, 0.5) is 15.8 Å². The van der Waals surface area contributed by atoms with Gasteiger partial charge in [0.1, 0.15) is 17.5 Å². The predicted octanol–water partition coefficient (Wildman–Crippen LogP) is 2.37. The Balaban J connectivity index is 2.24. The van der Waals surface area contributed by atoms with Crippen LogP contribution in [0.2, 0.25) is 0 Å². The first-order valence-electron chi connectivity index (χ1n) is 6.04. The van der Waals surface area contributed by atoms with E-state index in [0.29, 0.717) is 5.56 Å². The van der Waals surface area contributed by atoms with E-state index >= 15 is 0 Å². The number of nitro groups is 1. The van der Waals surface area contributed by atoms with Gasteiger partial charge in [-0.2, -0.15) is 0 Å². The molecule has 0 saturated carbocycles. The number of nitrogens with zero attached hydrogens (tertiary/aromatic N) is 1. The van der Waals surface area contributed by atoms with Crippen molar-refractivity contribution >= 4 is 17.3 Å². The fourth-order valence-electron chi connectivity index (χ4n) is 1.79. The van der Waals surface area contributed by atoms with Gasteiger partial charge in [-0.3, -0.25) is 14.9 Å². The lowest BCUT2D eigenvalue weighted by Crippen LogP contribution is -2.28. The molecule has 0 spiro atoms. The number of nitrogens with two attached hydrogens (primary N) is 1. The topological polar surface area (TPSA) is 98.3 Å². The van der Waals surface area contributed by atoms with E-state index in [0.717, 1.165) is 18.2 Å². The van der Waals surface area contributed by atoms with Crippen LogP contribution in [0.1, 0.15) is 11.6 Å². The summed E-state index contributed by atoms with van der Waals surface area (Å²) >= 11 is 0. The van der Waals surface area contributed by atoms with Gasteiger partial charge in [0, 0.05) is 12.1 Å². The summed E-state index contributed by atoms with van der Waals surface area (Å²) in [5.74, 6) is -1.35. The van der Waals surface area contributed by atoms with Crippen molar-refractivity contribution in [2.24, 2.45) is 5.73 Å². The second-order valence-corrected chi connectivity index (χ2v) is 4.30. The normalized spacial score (nSPS) is 11.7. The van der Waals surface area contributed by atoms with Crippen LogP contribution in [0, 0.1) is 15.9 Å². The SMILES string of the molecule is NC(C(=O)Nc1cc(F)ccc1[N+](=O)[O-])c1ccccc1. The second-order valence-electron chi connectivity index (χ2n) is 4.30. The van der Waals surface area contributed by atoms with Crippen LogP contribution in [0.3, 0.4) is 0 Å². The molecule has 0 heterocycles. The molecule has 0 fully saturated rings. The van der Waals surface area contributed by atoms with Crippen LogP contribution in [0.5, 0.6) is 0 Å². The third-order valence-electron chi connectivity index (χ3n) is 2.85. The standard InChI is InChI=1S/C14H12FN3O3/c15-10-6-7-12(18(20)21)11(8-10)17-14(19)13(16)9-4-2-1-3-5-9/h1-8,13H,16H2,(H,17,19). The average Bonchev–Trinajstić information content (AvgIpc) is 2.47. The first kappa shape index (κ1) is 14.6. The van der Waals surface area contributed by atoms with Gasteiger partial charge in [0.25, 0.3) is 5.69 Å². The van der Waals surface area contributed by atoms with Crippen LogP contribution in [-0.2, 0) is 4.79 Å². The summed E-state index contributed by atoms with van der Waals surface area (Å²) in [6.07, 6.45) is 0. The minimum absolute atomic E-state index is 0.226. The van der Waals surface area contributed by atoms with Crippen molar-refractivity contribution in [1.82, 2.24) is 0 Å². The highest BCUT2D eigenvalue weighted by Gasteiger charge is 2.21. The number of benzene rings is 2. The predicted molar refractivity (Wildman–Crippen MR) is 75.1 cm³/mol. The average molecular weight is 289 g/mol. The Kier molecular flexibility index (Phi) is 4.24. The smallest absolute Gasteiger partial charge is 0.292 e. The number of hydrogen-bond acceptors (Lipinski definition) is 4. The van der Waals surface area contributed by atoms with E-state index in [4.69, 9.17) is 5.73 Å². The van der Waals surface area contributed by atoms with E-state index in [2.05, 4.69) is 5.32 Å². The van der Waals surface area contributed by atoms with E-state index < -0.39 is 28.4 Å². The van der Waals surface area contributed by atoms with Gasteiger partial charge in [-0.05, 0) is 11.6 Å². The molecule has 0 bridgehead atoms. The molecule has 0 aliphatic heterocycles. The highest BCUT2D eigenvalue weighted by atomic mass is 19.1. The number of halogens is 1. The molecule has 0 aromatic heterocycles. The molecule has 7 heteroatoms. The quantitative estimate of drug-likeness (QED) is 0.666.